The molecule has 0 bridgehead atoms. The summed E-state index contributed by atoms with van der Waals surface area (Å²) in [5.74, 6) is 0.885. The predicted octanol–water partition coefficient (Wildman–Crippen LogP) is 3.62. The van der Waals surface area contributed by atoms with Gasteiger partial charge in [0.25, 0.3) is 5.91 Å². The highest BCUT2D eigenvalue weighted by atomic mass is 16.2. The number of nitrogens with two attached hydrogens (primary N) is 1. The third-order valence-electron chi connectivity index (χ3n) is 4.27. The van der Waals surface area contributed by atoms with Crippen LogP contribution in [0.1, 0.15) is 54.9 Å². The number of hydrogen-bond donors (Lipinski definition) is 1. The second-order valence-electron chi connectivity index (χ2n) is 5.97. The van der Waals surface area contributed by atoms with Crippen LogP contribution in [0.3, 0.4) is 0 Å². The van der Waals surface area contributed by atoms with E-state index in [1.807, 2.05) is 30.0 Å². The fraction of sp³-hybridized carbons (Fsp3) is 0.588. The van der Waals surface area contributed by atoms with Gasteiger partial charge in [-0.15, -0.1) is 0 Å². The molecule has 1 heterocycles. The van der Waals surface area contributed by atoms with E-state index < -0.39 is 0 Å². The van der Waals surface area contributed by atoms with Crippen LogP contribution in [0.25, 0.3) is 0 Å². The molecule has 2 N–H and O–H groups in total. The zero-order chi connectivity index (χ0) is 14.5. The molecule has 1 fully saturated rings. The summed E-state index contributed by atoms with van der Waals surface area (Å²) in [6, 6.07) is 5.69. The van der Waals surface area contributed by atoms with Crippen LogP contribution in [-0.4, -0.2) is 23.9 Å². The molecule has 1 saturated heterocycles. The Morgan fingerprint density at radius 1 is 1.35 bits per heavy atom. The normalized spacial score (nSPS) is 19.7. The molecule has 0 spiro atoms. The predicted molar refractivity (Wildman–Crippen MR) is 83.7 cm³/mol. The highest BCUT2D eigenvalue weighted by Crippen LogP contribution is 2.24. The minimum absolute atomic E-state index is 0.100. The van der Waals surface area contributed by atoms with Crippen LogP contribution >= 0.6 is 0 Å². The summed E-state index contributed by atoms with van der Waals surface area (Å²) < 4.78 is 0. The van der Waals surface area contributed by atoms with Gasteiger partial charge >= 0.3 is 0 Å². The summed E-state index contributed by atoms with van der Waals surface area (Å²) >= 11 is 0. The zero-order valence-electron chi connectivity index (χ0n) is 12.7. The van der Waals surface area contributed by atoms with Crippen molar-refractivity contribution in [2.24, 2.45) is 5.92 Å². The van der Waals surface area contributed by atoms with Crippen LogP contribution in [0, 0.1) is 12.8 Å². The van der Waals surface area contributed by atoms with Gasteiger partial charge in [0.15, 0.2) is 0 Å². The van der Waals surface area contributed by atoms with Crippen LogP contribution in [0.2, 0.25) is 0 Å². The lowest BCUT2D eigenvalue weighted by Gasteiger charge is -2.21. The number of carbonyl (C=O) groups is 1. The van der Waals surface area contributed by atoms with Gasteiger partial charge in [-0.2, -0.15) is 0 Å². The van der Waals surface area contributed by atoms with Crippen molar-refractivity contribution in [3.8, 4) is 0 Å². The van der Waals surface area contributed by atoms with E-state index in [2.05, 4.69) is 6.92 Å². The molecule has 110 valence electrons. The van der Waals surface area contributed by atoms with E-state index in [0.717, 1.165) is 37.4 Å². The Kier molecular flexibility index (Phi) is 5.05. The van der Waals surface area contributed by atoms with Crippen molar-refractivity contribution in [1.29, 1.82) is 0 Å². The Morgan fingerprint density at radius 2 is 2.15 bits per heavy atom. The fourth-order valence-corrected chi connectivity index (χ4v) is 3.09. The van der Waals surface area contributed by atoms with Gasteiger partial charge in [0.2, 0.25) is 0 Å². The summed E-state index contributed by atoms with van der Waals surface area (Å²) in [5.41, 5.74) is 8.31. The number of amides is 1. The number of benzene rings is 1. The third-order valence-corrected chi connectivity index (χ3v) is 4.27. The first kappa shape index (κ1) is 14.9. The number of nitrogens with zero attached hydrogens (tertiary/aromatic N) is 1. The second kappa shape index (κ2) is 6.78. The molecule has 1 atom stereocenters. The molecular weight excluding hydrogens is 248 g/mol. The molecule has 3 nitrogen and oxygen atoms in total. The Hall–Kier alpha value is -1.51. The van der Waals surface area contributed by atoms with E-state index in [1.54, 1.807) is 0 Å². The van der Waals surface area contributed by atoms with Crippen molar-refractivity contribution >= 4 is 11.6 Å². The topological polar surface area (TPSA) is 46.3 Å². The first-order valence-electron chi connectivity index (χ1n) is 7.77. The lowest BCUT2D eigenvalue weighted by molar-refractivity contribution is 0.0761. The molecule has 1 aromatic rings. The SMILES string of the molecule is CCCC1CCCN(C(=O)c2cc(C)ccc2N)CC1. The van der Waals surface area contributed by atoms with Gasteiger partial charge in [-0.25, -0.2) is 0 Å². The second-order valence-corrected chi connectivity index (χ2v) is 5.97. The summed E-state index contributed by atoms with van der Waals surface area (Å²) in [7, 11) is 0. The third kappa shape index (κ3) is 3.53. The van der Waals surface area contributed by atoms with Crippen molar-refractivity contribution in [2.45, 2.75) is 46.0 Å². The van der Waals surface area contributed by atoms with Gasteiger partial charge in [-0.1, -0.05) is 31.4 Å². The maximum atomic E-state index is 12.6. The zero-order valence-corrected chi connectivity index (χ0v) is 12.7. The van der Waals surface area contributed by atoms with Crippen molar-refractivity contribution in [3.63, 3.8) is 0 Å². The summed E-state index contributed by atoms with van der Waals surface area (Å²) in [6.45, 7) is 5.97. The average molecular weight is 274 g/mol. The molecule has 2 rings (SSSR count). The molecular formula is C17H26N2O. The van der Waals surface area contributed by atoms with Gasteiger partial charge in [-0.3, -0.25) is 4.79 Å². The Morgan fingerprint density at radius 3 is 2.90 bits per heavy atom. The van der Waals surface area contributed by atoms with Crippen molar-refractivity contribution in [3.05, 3.63) is 29.3 Å². The molecule has 0 radical (unpaired) electrons. The summed E-state index contributed by atoms with van der Waals surface area (Å²) in [5, 5.41) is 0. The van der Waals surface area contributed by atoms with Gasteiger partial charge in [-0.05, 0) is 44.2 Å². The van der Waals surface area contributed by atoms with Gasteiger partial charge in [0.1, 0.15) is 0 Å². The Bertz CT molecular complexity index is 470. The maximum absolute atomic E-state index is 12.6. The standard InChI is InChI=1S/C17H26N2O/c1-3-5-14-6-4-10-19(11-9-14)17(20)15-12-13(2)7-8-16(15)18/h7-8,12,14H,3-6,9-11,18H2,1-2H3. The Balaban J connectivity index is 2.07. The van der Waals surface area contributed by atoms with Crippen molar-refractivity contribution in [2.75, 3.05) is 18.8 Å². The number of likely N-dealkylation sites (tertiary alicyclic amines) is 1. The first-order chi connectivity index (χ1) is 9.61. The largest absolute Gasteiger partial charge is 0.398 e. The van der Waals surface area contributed by atoms with E-state index in [1.165, 1.54) is 19.3 Å². The average Bonchev–Trinajstić information content (AvgIpc) is 2.67. The lowest BCUT2D eigenvalue weighted by atomic mass is 9.96. The van der Waals surface area contributed by atoms with Crippen LogP contribution < -0.4 is 5.73 Å². The summed E-state index contributed by atoms with van der Waals surface area (Å²) in [4.78, 5) is 14.6. The van der Waals surface area contributed by atoms with Crippen molar-refractivity contribution in [1.82, 2.24) is 4.90 Å². The van der Waals surface area contributed by atoms with E-state index in [-0.39, 0.29) is 5.91 Å². The van der Waals surface area contributed by atoms with Gasteiger partial charge in [0.05, 0.1) is 5.56 Å². The molecule has 1 unspecified atom stereocenters. The maximum Gasteiger partial charge on any atom is 0.255 e. The molecule has 1 aliphatic rings. The molecule has 0 saturated carbocycles. The molecule has 1 aromatic carbocycles. The fourth-order valence-electron chi connectivity index (χ4n) is 3.09. The lowest BCUT2D eigenvalue weighted by Crippen LogP contribution is -2.32. The minimum atomic E-state index is 0.100. The minimum Gasteiger partial charge on any atom is -0.398 e. The monoisotopic (exact) mass is 274 g/mol. The van der Waals surface area contributed by atoms with Crippen LogP contribution in [0.5, 0.6) is 0 Å². The summed E-state index contributed by atoms with van der Waals surface area (Å²) in [6.07, 6.45) is 6.02. The number of nitrogen functional groups attached to an aromatic ring is 1. The number of carbonyl (C=O) groups excluding carboxylic acids is 1. The highest BCUT2D eigenvalue weighted by Gasteiger charge is 2.22. The Labute approximate surface area is 122 Å². The molecule has 3 heteroatoms. The number of anilines is 1. The van der Waals surface area contributed by atoms with Crippen molar-refractivity contribution < 1.29 is 4.79 Å². The number of aryl methyl sites for hydroxylation is 1. The molecule has 0 aromatic heterocycles. The molecule has 1 amide bonds. The van der Waals surface area contributed by atoms with Gasteiger partial charge in [0, 0.05) is 18.8 Å². The smallest absolute Gasteiger partial charge is 0.255 e. The molecule has 20 heavy (non-hydrogen) atoms. The van der Waals surface area contributed by atoms with E-state index in [4.69, 9.17) is 5.73 Å². The van der Waals surface area contributed by atoms with Crippen LogP contribution in [0.15, 0.2) is 18.2 Å². The molecule has 0 aliphatic carbocycles. The van der Waals surface area contributed by atoms with Crippen LogP contribution in [-0.2, 0) is 0 Å². The highest BCUT2D eigenvalue weighted by molar-refractivity contribution is 5.99. The molecule has 1 aliphatic heterocycles. The first-order valence-corrected chi connectivity index (χ1v) is 7.77. The quantitative estimate of drug-likeness (QED) is 0.856. The number of rotatable bonds is 3. The number of hydrogen-bond acceptors (Lipinski definition) is 2. The van der Waals surface area contributed by atoms with E-state index >= 15 is 0 Å². The van der Waals surface area contributed by atoms with Crippen LogP contribution in [0.4, 0.5) is 5.69 Å². The van der Waals surface area contributed by atoms with E-state index in [0.29, 0.717) is 11.3 Å². The van der Waals surface area contributed by atoms with Gasteiger partial charge < -0.3 is 10.6 Å². The van der Waals surface area contributed by atoms with E-state index in [9.17, 15) is 4.79 Å².